The lowest BCUT2D eigenvalue weighted by Gasteiger charge is -2.09. The van der Waals surface area contributed by atoms with Crippen LogP contribution in [0, 0.1) is 0 Å². The molecular weight excluding hydrogens is 424 g/mol. The Balaban J connectivity index is 2.07. The fourth-order valence-electron chi connectivity index (χ4n) is 2.61. The largest absolute Gasteiger partial charge is 0.497 e. The number of hydrogen-bond donors (Lipinski definition) is 1. The summed E-state index contributed by atoms with van der Waals surface area (Å²) in [4.78, 5) is 27.7. The predicted octanol–water partition coefficient (Wildman–Crippen LogP) is 3.81. The average Bonchev–Trinajstić information content (AvgIpc) is 3.27. The number of nitrogens with one attached hydrogen (secondary N) is 1. The van der Waals surface area contributed by atoms with E-state index in [0.717, 1.165) is 11.3 Å². The van der Waals surface area contributed by atoms with Gasteiger partial charge in [0.05, 0.1) is 12.0 Å². The summed E-state index contributed by atoms with van der Waals surface area (Å²) >= 11 is 1.06. The first kappa shape index (κ1) is 21.4. The van der Waals surface area contributed by atoms with Crippen molar-refractivity contribution in [2.45, 2.75) is 11.8 Å². The minimum Gasteiger partial charge on any atom is -0.497 e. The normalized spacial score (nSPS) is 11.7. The Morgan fingerprint density at radius 1 is 1.07 bits per heavy atom. The van der Waals surface area contributed by atoms with Gasteiger partial charge in [0, 0.05) is 24.2 Å². The maximum Gasteiger partial charge on any atom is 0.233 e. The van der Waals surface area contributed by atoms with Gasteiger partial charge in [-0.15, -0.1) is 11.3 Å². The molecule has 0 fully saturated rings. The second-order valence-electron chi connectivity index (χ2n) is 6.16. The van der Waals surface area contributed by atoms with Crippen LogP contribution in [0.5, 0.6) is 5.75 Å². The van der Waals surface area contributed by atoms with E-state index in [2.05, 4.69) is 10.3 Å². The average molecular weight is 443 g/mol. The smallest absolute Gasteiger partial charge is 0.233 e. The standard InChI is InChI=1S/C21H18N2O5S2/c1-14(24)23-16-5-9-18(10-6-16)30(26,27)19(20(25)21-22-11-12-29-21)13-15-3-7-17(28-2)8-4-15/h3-13H,1-2H3,(H,23,24)/b19-13-. The number of thiazole rings is 1. The van der Waals surface area contributed by atoms with Crippen molar-refractivity contribution in [1.29, 1.82) is 0 Å². The van der Waals surface area contributed by atoms with Crippen LogP contribution >= 0.6 is 11.3 Å². The van der Waals surface area contributed by atoms with E-state index in [1.54, 1.807) is 29.6 Å². The first-order valence-corrected chi connectivity index (χ1v) is 11.1. The van der Waals surface area contributed by atoms with Gasteiger partial charge in [0.15, 0.2) is 5.01 Å². The van der Waals surface area contributed by atoms with E-state index < -0.39 is 20.5 Å². The number of ether oxygens (including phenoxy) is 1. The monoisotopic (exact) mass is 442 g/mol. The molecule has 30 heavy (non-hydrogen) atoms. The van der Waals surface area contributed by atoms with Crippen LogP contribution in [0.4, 0.5) is 5.69 Å². The number of anilines is 1. The number of nitrogens with zero attached hydrogens (tertiary/aromatic N) is 1. The quantitative estimate of drug-likeness (QED) is 0.441. The van der Waals surface area contributed by atoms with Crippen molar-refractivity contribution in [2.75, 3.05) is 12.4 Å². The molecule has 0 saturated carbocycles. The van der Waals surface area contributed by atoms with Crippen LogP contribution < -0.4 is 10.1 Å². The molecular formula is C21H18N2O5S2. The number of rotatable bonds is 7. The summed E-state index contributed by atoms with van der Waals surface area (Å²) in [6, 6.07) is 12.3. The fraction of sp³-hybridized carbons (Fsp3) is 0.0952. The van der Waals surface area contributed by atoms with Crippen molar-refractivity contribution in [3.8, 4) is 5.75 Å². The molecule has 0 spiro atoms. The molecule has 154 valence electrons. The Morgan fingerprint density at radius 3 is 2.27 bits per heavy atom. The molecule has 1 heterocycles. The van der Waals surface area contributed by atoms with E-state index in [1.807, 2.05) is 0 Å². The predicted molar refractivity (Wildman–Crippen MR) is 115 cm³/mol. The van der Waals surface area contributed by atoms with Gasteiger partial charge in [0.1, 0.15) is 10.7 Å². The molecule has 3 aromatic rings. The van der Waals surface area contributed by atoms with E-state index in [1.165, 1.54) is 50.6 Å². The molecule has 0 aliphatic rings. The van der Waals surface area contributed by atoms with Gasteiger partial charge in [0.2, 0.25) is 21.5 Å². The molecule has 0 atom stereocenters. The molecule has 2 aromatic carbocycles. The van der Waals surface area contributed by atoms with Crippen LogP contribution in [-0.2, 0) is 14.6 Å². The van der Waals surface area contributed by atoms with Crippen LogP contribution in [-0.4, -0.2) is 32.2 Å². The number of methoxy groups -OCH3 is 1. The summed E-state index contributed by atoms with van der Waals surface area (Å²) in [6.45, 7) is 1.35. The Labute approximate surface area is 178 Å². The highest BCUT2D eigenvalue weighted by molar-refractivity contribution is 7.96. The van der Waals surface area contributed by atoms with Gasteiger partial charge < -0.3 is 10.1 Å². The third-order valence-electron chi connectivity index (χ3n) is 4.04. The number of allylic oxidation sites excluding steroid dienone is 1. The van der Waals surface area contributed by atoms with E-state index in [-0.39, 0.29) is 15.8 Å². The summed E-state index contributed by atoms with van der Waals surface area (Å²) < 4.78 is 31.7. The molecule has 0 aliphatic heterocycles. The van der Waals surface area contributed by atoms with Crippen molar-refractivity contribution >= 4 is 44.6 Å². The minimum atomic E-state index is -4.15. The highest BCUT2D eigenvalue weighted by Crippen LogP contribution is 2.27. The van der Waals surface area contributed by atoms with Crippen LogP contribution in [0.3, 0.4) is 0 Å². The second-order valence-corrected chi connectivity index (χ2v) is 8.97. The van der Waals surface area contributed by atoms with Crippen LogP contribution in [0.15, 0.2) is 69.9 Å². The molecule has 9 heteroatoms. The topological polar surface area (TPSA) is 102 Å². The first-order valence-electron chi connectivity index (χ1n) is 8.74. The Bertz CT molecular complexity index is 1180. The summed E-state index contributed by atoms with van der Waals surface area (Å²) in [5.74, 6) is -0.354. The number of aromatic nitrogens is 1. The van der Waals surface area contributed by atoms with Gasteiger partial charge in [-0.25, -0.2) is 13.4 Å². The summed E-state index contributed by atoms with van der Waals surface area (Å²) in [6.07, 6.45) is 2.76. The number of carbonyl (C=O) groups is 2. The Morgan fingerprint density at radius 2 is 1.73 bits per heavy atom. The van der Waals surface area contributed by atoms with Crippen molar-refractivity contribution in [3.63, 3.8) is 0 Å². The lowest BCUT2D eigenvalue weighted by atomic mass is 10.2. The SMILES string of the molecule is COc1ccc(/C=C(/C(=O)c2nccs2)S(=O)(=O)c2ccc(NC(C)=O)cc2)cc1. The van der Waals surface area contributed by atoms with E-state index in [0.29, 0.717) is 17.0 Å². The lowest BCUT2D eigenvalue weighted by Crippen LogP contribution is -2.14. The van der Waals surface area contributed by atoms with Gasteiger partial charge in [-0.2, -0.15) is 0 Å². The molecule has 3 rings (SSSR count). The lowest BCUT2D eigenvalue weighted by molar-refractivity contribution is -0.114. The van der Waals surface area contributed by atoms with Gasteiger partial charge in [-0.05, 0) is 48.0 Å². The summed E-state index contributed by atoms with van der Waals surface area (Å²) in [5, 5.41) is 4.25. The van der Waals surface area contributed by atoms with Gasteiger partial charge >= 0.3 is 0 Å². The highest BCUT2D eigenvalue weighted by Gasteiger charge is 2.29. The summed E-state index contributed by atoms with van der Waals surface area (Å²) in [7, 11) is -2.63. The van der Waals surface area contributed by atoms with E-state index in [4.69, 9.17) is 4.74 Å². The van der Waals surface area contributed by atoms with Gasteiger partial charge in [-0.1, -0.05) is 12.1 Å². The number of Topliss-reactive ketones (excluding diaryl/α,β-unsaturated/α-hetero) is 1. The number of benzene rings is 2. The molecule has 0 unspecified atom stereocenters. The third kappa shape index (κ3) is 4.81. The zero-order chi connectivity index (χ0) is 21.7. The molecule has 1 N–H and O–H groups in total. The number of sulfone groups is 1. The Kier molecular flexibility index (Phi) is 6.43. The van der Waals surface area contributed by atoms with Gasteiger partial charge in [-0.3, -0.25) is 9.59 Å². The zero-order valence-corrected chi connectivity index (χ0v) is 17.8. The highest BCUT2D eigenvalue weighted by atomic mass is 32.2. The maximum atomic E-state index is 13.3. The maximum absolute atomic E-state index is 13.3. The van der Waals surface area contributed by atoms with Crippen LogP contribution in [0.1, 0.15) is 22.3 Å². The second kappa shape index (κ2) is 9.02. The van der Waals surface area contributed by atoms with Gasteiger partial charge in [0.25, 0.3) is 0 Å². The van der Waals surface area contributed by atoms with E-state index in [9.17, 15) is 18.0 Å². The number of amides is 1. The summed E-state index contributed by atoms with van der Waals surface area (Å²) in [5.41, 5.74) is 0.975. The minimum absolute atomic E-state index is 0.0683. The molecule has 0 bridgehead atoms. The van der Waals surface area contributed by atoms with Crippen molar-refractivity contribution < 1.29 is 22.7 Å². The molecule has 0 saturated heterocycles. The molecule has 1 aromatic heterocycles. The number of ketones is 1. The number of hydrogen-bond acceptors (Lipinski definition) is 7. The zero-order valence-electron chi connectivity index (χ0n) is 16.2. The van der Waals surface area contributed by atoms with Crippen LogP contribution in [0.2, 0.25) is 0 Å². The third-order valence-corrected chi connectivity index (χ3v) is 6.59. The number of carbonyl (C=O) groups excluding carboxylic acids is 2. The molecule has 0 radical (unpaired) electrons. The fourth-order valence-corrected chi connectivity index (χ4v) is 4.64. The van der Waals surface area contributed by atoms with E-state index >= 15 is 0 Å². The van der Waals surface area contributed by atoms with Crippen LogP contribution in [0.25, 0.3) is 6.08 Å². The molecule has 1 amide bonds. The first-order chi connectivity index (χ1) is 14.3. The molecule has 0 aliphatic carbocycles. The van der Waals surface area contributed by atoms with Crippen molar-refractivity contribution in [1.82, 2.24) is 4.98 Å². The van der Waals surface area contributed by atoms with Crippen molar-refractivity contribution in [3.05, 3.63) is 75.6 Å². The van der Waals surface area contributed by atoms with Crippen molar-refractivity contribution in [2.24, 2.45) is 0 Å². The Hall–Kier alpha value is -3.30. The molecule has 7 nitrogen and oxygen atoms in total.